The monoisotopic (exact) mass is 496 g/mol. The predicted molar refractivity (Wildman–Crippen MR) is 135 cm³/mol. The van der Waals surface area contributed by atoms with Gasteiger partial charge in [-0.3, -0.25) is 14.8 Å². The Morgan fingerprint density at radius 1 is 1.17 bits per heavy atom. The third kappa shape index (κ3) is 4.81. The molecule has 1 unspecified atom stereocenters. The van der Waals surface area contributed by atoms with E-state index in [1.807, 2.05) is 13.0 Å². The molecule has 2 aromatic heterocycles. The van der Waals surface area contributed by atoms with Crippen molar-refractivity contribution in [2.24, 2.45) is 0 Å². The number of benzene rings is 2. The van der Waals surface area contributed by atoms with Crippen molar-refractivity contribution in [1.29, 1.82) is 0 Å². The van der Waals surface area contributed by atoms with Gasteiger partial charge in [0.2, 0.25) is 0 Å². The zero-order valence-corrected chi connectivity index (χ0v) is 19.8. The van der Waals surface area contributed by atoms with Crippen LogP contribution in [0.5, 0.6) is 0 Å². The third-order valence-electron chi connectivity index (χ3n) is 6.02. The lowest BCUT2D eigenvalue weighted by molar-refractivity contribution is 0.122. The Morgan fingerprint density at radius 3 is 2.74 bits per heavy atom. The summed E-state index contributed by atoms with van der Waals surface area (Å²) in [6, 6.07) is 10.9. The van der Waals surface area contributed by atoms with Gasteiger partial charge >= 0.3 is 5.69 Å². The number of nitrogens with zero attached hydrogens (tertiary/aromatic N) is 2. The van der Waals surface area contributed by atoms with Gasteiger partial charge in [0.1, 0.15) is 17.2 Å². The minimum Gasteiger partial charge on any atom is -0.387 e. The molecule has 1 fully saturated rings. The van der Waals surface area contributed by atoms with Crippen molar-refractivity contribution in [3.05, 3.63) is 73.4 Å². The first-order valence-corrected chi connectivity index (χ1v) is 11.6. The molecule has 1 atom stereocenters. The maximum atomic E-state index is 12.8. The second-order valence-electron chi connectivity index (χ2n) is 8.45. The van der Waals surface area contributed by atoms with Crippen molar-refractivity contribution >= 4 is 34.1 Å². The molecule has 4 aromatic rings. The molecule has 5 rings (SSSR count). The van der Waals surface area contributed by atoms with Crippen molar-refractivity contribution in [1.82, 2.24) is 19.9 Å². The number of aromatic amines is 3. The molecule has 10 nitrogen and oxygen atoms in total. The second kappa shape index (κ2) is 9.57. The highest BCUT2D eigenvalue weighted by Gasteiger charge is 2.20. The first kappa shape index (κ1) is 23.2. The van der Waals surface area contributed by atoms with Crippen LogP contribution in [0.25, 0.3) is 22.4 Å². The van der Waals surface area contributed by atoms with E-state index in [1.54, 1.807) is 24.3 Å². The average Bonchev–Trinajstić information content (AvgIpc) is 3.27. The quantitative estimate of drug-likeness (QED) is 0.276. The number of imidazole rings is 1. The van der Waals surface area contributed by atoms with Crippen LogP contribution in [-0.2, 0) is 4.74 Å². The van der Waals surface area contributed by atoms with E-state index in [0.29, 0.717) is 29.6 Å². The third-order valence-corrected chi connectivity index (χ3v) is 6.26. The van der Waals surface area contributed by atoms with E-state index in [1.165, 1.54) is 0 Å². The summed E-state index contributed by atoms with van der Waals surface area (Å²) in [6.45, 7) is 4.95. The van der Waals surface area contributed by atoms with Crippen molar-refractivity contribution in [3.8, 4) is 11.4 Å². The Balaban J connectivity index is 1.49. The van der Waals surface area contributed by atoms with Gasteiger partial charge in [0.05, 0.1) is 30.4 Å². The number of rotatable bonds is 6. The number of hydrogen-bond donors (Lipinski definition) is 5. The summed E-state index contributed by atoms with van der Waals surface area (Å²) in [5.74, 6) is 0.462. The second-order valence-corrected chi connectivity index (χ2v) is 8.89. The van der Waals surface area contributed by atoms with Crippen LogP contribution >= 0.6 is 11.6 Å². The van der Waals surface area contributed by atoms with Crippen LogP contribution < -0.4 is 21.5 Å². The normalized spacial score (nSPS) is 14.9. The lowest BCUT2D eigenvalue weighted by Gasteiger charge is -2.29. The number of aliphatic hydroxyl groups is 1. The fraction of sp³-hybridized carbons (Fsp3) is 0.292. The number of hydrogen-bond acceptors (Lipinski definition) is 7. The van der Waals surface area contributed by atoms with Crippen LogP contribution in [0.2, 0.25) is 5.02 Å². The summed E-state index contributed by atoms with van der Waals surface area (Å²) in [7, 11) is 0. The van der Waals surface area contributed by atoms with Gasteiger partial charge < -0.3 is 25.0 Å². The van der Waals surface area contributed by atoms with E-state index in [9.17, 15) is 14.7 Å². The molecule has 35 heavy (non-hydrogen) atoms. The molecule has 3 heterocycles. The number of aromatic nitrogens is 4. The zero-order valence-electron chi connectivity index (χ0n) is 19.0. The van der Waals surface area contributed by atoms with Crippen LogP contribution in [0.1, 0.15) is 17.2 Å². The first-order chi connectivity index (χ1) is 16.9. The fourth-order valence-corrected chi connectivity index (χ4v) is 4.47. The molecule has 2 aromatic carbocycles. The van der Waals surface area contributed by atoms with E-state index in [0.717, 1.165) is 35.4 Å². The van der Waals surface area contributed by atoms with Gasteiger partial charge in [-0.25, -0.2) is 9.78 Å². The maximum Gasteiger partial charge on any atom is 0.327 e. The highest BCUT2D eigenvalue weighted by atomic mass is 35.5. The number of anilines is 2. The molecule has 1 saturated heterocycles. The van der Waals surface area contributed by atoms with Gasteiger partial charge in [-0.05, 0) is 42.3 Å². The number of aliphatic hydroxyl groups excluding tert-OH is 1. The zero-order chi connectivity index (χ0) is 24.5. The van der Waals surface area contributed by atoms with Gasteiger partial charge in [-0.2, -0.15) is 0 Å². The number of halogens is 1. The molecule has 0 spiro atoms. The minimum atomic E-state index is -0.918. The van der Waals surface area contributed by atoms with Crippen molar-refractivity contribution in [2.75, 3.05) is 43.1 Å². The molecule has 0 bridgehead atoms. The molecule has 0 amide bonds. The van der Waals surface area contributed by atoms with Crippen molar-refractivity contribution in [3.63, 3.8) is 0 Å². The predicted octanol–water partition coefficient (Wildman–Crippen LogP) is 2.55. The molecule has 182 valence electrons. The number of aryl methyl sites for hydroxylation is 1. The van der Waals surface area contributed by atoms with E-state index < -0.39 is 17.4 Å². The summed E-state index contributed by atoms with van der Waals surface area (Å²) < 4.78 is 5.45. The Morgan fingerprint density at radius 2 is 1.97 bits per heavy atom. The minimum absolute atomic E-state index is 0.0349. The molecule has 11 heteroatoms. The van der Waals surface area contributed by atoms with Gasteiger partial charge in [0, 0.05) is 30.3 Å². The Hall–Kier alpha value is -3.60. The number of H-pyrrole nitrogens is 3. The van der Waals surface area contributed by atoms with Crippen LogP contribution in [-0.4, -0.2) is 57.9 Å². The number of morpholine rings is 1. The van der Waals surface area contributed by atoms with Crippen LogP contribution in [0.3, 0.4) is 0 Å². The van der Waals surface area contributed by atoms with Gasteiger partial charge in [-0.15, -0.1) is 0 Å². The molecule has 1 aliphatic heterocycles. The van der Waals surface area contributed by atoms with E-state index >= 15 is 0 Å². The van der Waals surface area contributed by atoms with Gasteiger partial charge in [0.15, 0.2) is 0 Å². The lowest BCUT2D eigenvalue weighted by Crippen LogP contribution is -2.36. The molecule has 1 aliphatic rings. The summed E-state index contributed by atoms with van der Waals surface area (Å²) in [6.07, 6.45) is -0.918. The highest BCUT2D eigenvalue weighted by Crippen LogP contribution is 2.29. The summed E-state index contributed by atoms with van der Waals surface area (Å²) in [5.41, 5.74) is 2.99. The number of ether oxygens (including phenoxy) is 1. The summed E-state index contributed by atoms with van der Waals surface area (Å²) in [5, 5.41) is 14.1. The summed E-state index contributed by atoms with van der Waals surface area (Å²) in [4.78, 5) is 39.8. The van der Waals surface area contributed by atoms with E-state index in [4.69, 9.17) is 16.3 Å². The molecule has 0 aliphatic carbocycles. The van der Waals surface area contributed by atoms with Crippen molar-refractivity contribution < 1.29 is 9.84 Å². The molecular weight excluding hydrogens is 472 g/mol. The Bertz CT molecular complexity index is 1490. The molecule has 0 saturated carbocycles. The summed E-state index contributed by atoms with van der Waals surface area (Å²) >= 11 is 6.02. The van der Waals surface area contributed by atoms with Crippen molar-refractivity contribution in [2.45, 2.75) is 13.0 Å². The Kier molecular flexibility index (Phi) is 6.33. The average molecular weight is 497 g/mol. The van der Waals surface area contributed by atoms with Gasteiger partial charge in [-0.1, -0.05) is 23.7 Å². The topological polar surface area (TPSA) is 139 Å². The van der Waals surface area contributed by atoms with Gasteiger partial charge in [0.25, 0.3) is 5.56 Å². The largest absolute Gasteiger partial charge is 0.387 e. The fourth-order valence-electron chi connectivity index (χ4n) is 4.27. The molecule has 0 radical (unpaired) electrons. The highest BCUT2D eigenvalue weighted by molar-refractivity contribution is 6.30. The number of fused-ring (bicyclic) bond motifs is 1. The van der Waals surface area contributed by atoms with E-state index in [-0.39, 0.29) is 17.9 Å². The Labute approximate surface area is 204 Å². The first-order valence-electron chi connectivity index (χ1n) is 11.3. The van der Waals surface area contributed by atoms with E-state index in [2.05, 4.69) is 36.2 Å². The SMILES string of the molecule is Cc1cc(N2CCOCC2)cc2[nH]c(-c3c(NCC(O)c4cccc(Cl)c4)[nH]c(=O)[nH]c3=O)nc12. The smallest absolute Gasteiger partial charge is 0.327 e. The number of nitrogens with one attached hydrogen (secondary N) is 4. The molecule has 5 N–H and O–H groups in total. The molecular formula is C24H25ClN6O4. The van der Waals surface area contributed by atoms with Crippen LogP contribution in [0, 0.1) is 6.92 Å². The van der Waals surface area contributed by atoms with Crippen LogP contribution in [0.4, 0.5) is 11.5 Å². The lowest BCUT2D eigenvalue weighted by atomic mass is 10.1. The van der Waals surface area contributed by atoms with Crippen LogP contribution in [0.15, 0.2) is 46.0 Å². The standard InChI is InChI=1S/C24H25ClN6O4/c1-13-9-16(31-5-7-35-8-6-31)11-17-20(13)28-22(27-17)19-21(29-24(34)30-23(19)33)26-12-18(32)14-3-2-4-15(25)10-14/h2-4,9-11,18,32H,5-8,12H2,1H3,(H,27,28)(H3,26,29,30,33,34). The maximum absolute atomic E-state index is 12.8.